The Balaban J connectivity index is 0.00000242. The molecule has 1 fully saturated rings. The van der Waals surface area contributed by atoms with E-state index < -0.39 is 0 Å². The molecule has 2 rings (SSSR count). The fourth-order valence-corrected chi connectivity index (χ4v) is 3.33. The zero-order valence-electron chi connectivity index (χ0n) is 14.0. The van der Waals surface area contributed by atoms with Gasteiger partial charge in [-0.3, -0.25) is 4.99 Å². The van der Waals surface area contributed by atoms with Crippen LogP contribution in [-0.2, 0) is 12.8 Å². The first-order valence-corrected chi connectivity index (χ1v) is 9.07. The van der Waals surface area contributed by atoms with Gasteiger partial charge in [0.25, 0.3) is 0 Å². The SMILES string of the molecule is CCNC(=NCCc1csc(CC)n1)N1CCC(C)CC1.I. The Bertz CT molecular complexity index is 453. The minimum Gasteiger partial charge on any atom is -0.357 e. The second-order valence-corrected chi connectivity index (χ2v) is 6.68. The topological polar surface area (TPSA) is 40.5 Å². The van der Waals surface area contributed by atoms with Crippen molar-refractivity contribution in [2.24, 2.45) is 10.9 Å². The van der Waals surface area contributed by atoms with Crippen LogP contribution in [0.2, 0.25) is 0 Å². The number of guanidine groups is 1. The number of rotatable bonds is 5. The lowest BCUT2D eigenvalue weighted by Gasteiger charge is -2.33. The molecule has 0 radical (unpaired) electrons. The van der Waals surface area contributed by atoms with E-state index in [1.807, 2.05) is 0 Å². The number of likely N-dealkylation sites (tertiary alicyclic amines) is 1. The molecule has 0 aliphatic carbocycles. The van der Waals surface area contributed by atoms with Gasteiger partial charge in [-0.15, -0.1) is 35.3 Å². The zero-order valence-corrected chi connectivity index (χ0v) is 17.1. The molecule has 2 heterocycles. The first-order valence-electron chi connectivity index (χ1n) is 8.19. The maximum atomic E-state index is 4.79. The van der Waals surface area contributed by atoms with E-state index in [2.05, 4.69) is 41.4 Å². The van der Waals surface area contributed by atoms with Gasteiger partial charge in [-0.25, -0.2) is 4.98 Å². The summed E-state index contributed by atoms with van der Waals surface area (Å²) in [6.07, 6.45) is 4.52. The molecule has 6 heteroatoms. The number of aromatic nitrogens is 1. The second kappa shape index (κ2) is 10.4. The Morgan fingerprint density at radius 2 is 2.14 bits per heavy atom. The van der Waals surface area contributed by atoms with Gasteiger partial charge in [0.15, 0.2) is 5.96 Å². The quantitative estimate of drug-likeness (QED) is 0.436. The normalized spacial score (nSPS) is 16.5. The summed E-state index contributed by atoms with van der Waals surface area (Å²) < 4.78 is 0. The summed E-state index contributed by atoms with van der Waals surface area (Å²) in [7, 11) is 0. The third kappa shape index (κ3) is 6.02. The highest BCUT2D eigenvalue weighted by Crippen LogP contribution is 2.16. The van der Waals surface area contributed by atoms with Crippen molar-refractivity contribution in [1.29, 1.82) is 0 Å². The number of hydrogen-bond donors (Lipinski definition) is 1. The predicted molar refractivity (Wildman–Crippen MR) is 107 cm³/mol. The lowest BCUT2D eigenvalue weighted by Crippen LogP contribution is -2.45. The average Bonchev–Trinajstić information content (AvgIpc) is 2.95. The number of hydrogen-bond acceptors (Lipinski definition) is 3. The van der Waals surface area contributed by atoms with Crippen molar-refractivity contribution in [3.8, 4) is 0 Å². The van der Waals surface area contributed by atoms with Gasteiger partial charge < -0.3 is 10.2 Å². The molecule has 0 saturated carbocycles. The highest BCUT2D eigenvalue weighted by atomic mass is 127. The summed E-state index contributed by atoms with van der Waals surface area (Å²) in [5, 5.41) is 6.83. The smallest absolute Gasteiger partial charge is 0.193 e. The van der Waals surface area contributed by atoms with Crippen molar-refractivity contribution >= 4 is 41.3 Å². The Hall–Kier alpha value is -0.370. The van der Waals surface area contributed by atoms with E-state index in [0.717, 1.165) is 50.9 Å². The van der Waals surface area contributed by atoms with Gasteiger partial charge in [-0.1, -0.05) is 13.8 Å². The van der Waals surface area contributed by atoms with Crippen LogP contribution in [0.5, 0.6) is 0 Å². The van der Waals surface area contributed by atoms with E-state index in [-0.39, 0.29) is 24.0 Å². The third-order valence-corrected chi connectivity index (χ3v) is 4.99. The van der Waals surface area contributed by atoms with Crippen LogP contribution >= 0.6 is 35.3 Å². The van der Waals surface area contributed by atoms with E-state index in [1.54, 1.807) is 11.3 Å². The summed E-state index contributed by atoms with van der Waals surface area (Å²) in [4.78, 5) is 11.8. The van der Waals surface area contributed by atoms with Crippen molar-refractivity contribution < 1.29 is 0 Å². The highest BCUT2D eigenvalue weighted by molar-refractivity contribution is 14.0. The van der Waals surface area contributed by atoms with Crippen LogP contribution in [0.1, 0.15) is 44.3 Å². The number of nitrogens with one attached hydrogen (secondary N) is 1. The van der Waals surface area contributed by atoms with Crippen molar-refractivity contribution in [1.82, 2.24) is 15.2 Å². The molecular formula is C16H29IN4S. The molecule has 0 spiro atoms. The second-order valence-electron chi connectivity index (χ2n) is 5.74. The van der Waals surface area contributed by atoms with Crippen molar-refractivity contribution in [3.63, 3.8) is 0 Å². The third-order valence-electron chi connectivity index (χ3n) is 3.95. The summed E-state index contributed by atoms with van der Waals surface area (Å²) in [6, 6.07) is 0. The van der Waals surface area contributed by atoms with Crippen molar-refractivity contribution in [3.05, 3.63) is 16.1 Å². The maximum absolute atomic E-state index is 4.79. The molecule has 1 aliphatic heterocycles. The van der Waals surface area contributed by atoms with Crippen molar-refractivity contribution in [2.75, 3.05) is 26.2 Å². The molecule has 126 valence electrons. The number of nitrogens with zero attached hydrogens (tertiary/aromatic N) is 3. The maximum Gasteiger partial charge on any atom is 0.193 e. The van der Waals surface area contributed by atoms with Crippen LogP contribution in [0.4, 0.5) is 0 Å². The van der Waals surface area contributed by atoms with Crippen LogP contribution in [0, 0.1) is 5.92 Å². The largest absolute Gasteiger partial charge is 0.357 e. The number of thiazole rings is 1. The first kappa shape index (κ1) is 19.7. The minimum absolute atomic E-state index is 0. The molecule has 1 saturated heterocycles. The van der Waals surface area contributed by atoms with Crippen LogP contribution in [0.25, 0.3) is 0 Å². The zero-order chi connectivity index (χ0) is 15.1. The monoisotopic (exact) mass is 436 g/mol. The van der Waals surface area contributed by atoms with Gasteiger partial charge in [0, 0.05) is 38.0 Å². The molecule has 1 aliphatic rings. The number of piperidine rings is 1. The number of aliphatic imine (C=N–C) groups is 1. The van der Waals surface area contributed by atoms with Gasteiger partial charge in [-0.05, 0) is 32.1 Å². The molecule has 0 bridgehead atoms. The minimum atomic E-state index is 0. The molecule has 0 atom stereocenters. The van der Waals surface area contributed by atoms with E-state index in [1.165, 1.54) is 23.5 Å². The Morgan fingerprint density at radius 1 is 1.41 bits per heavy atom. The molecule has 0 amide bonds. The van der Waals surface area contributed by atoms with Crippen molar-refractivity contribution in [2.45, 2.75) is 46.5 Å². The molecule has 4 nitrogen and oxygen atoms in total. The molecule has 0 aromatic carbocycles. The van der Waals surface area contributed by atoms with Gasteiger partial charge in [-0.2, -0.15) is 0 Å². The van der Waals surface area contributed by atoms with Crippen LogP contribution < -0.4 is 5.32 Å². The summed E-state index contributed by atoms with van der Waals surface area (Å²) in [5.74, 6) is 1.93. The molecule has 1 N–H and O–H groups in total. The fraction of sp³-hybridized carbons (Fsp3) is 0.750. The summed E-state index contributed by atoms with van der Waals surface area (Å²) >= 11 is 1.76. The van der Waals surface area contributed by atoms with E-state index in [9.17, 15) is 0 Å². The number of aryl methyl sites for hydroxylation is 1. The molecule has 1 aromatic rings. The Morgan fingerprint density at radius 3 is 2.73 bits per heavy atom. The highest BCUT2D eigenvalue weighted by Gasteiger charge is 2.18. The average molecular weight is 436 g/mol. The van der Waals surface area contributed by atoms with Gasteiger partial charge in [0.05, 0.1) is 10.7 Å². The first-order chi connectivity index (χ1) is 10.2. The predicted octanol–water partition coefficient (Wildman–Crippen LogP) is 3.56. The van der Waals surface area contributed by atoms with Crippen LogP contribution in [-0.4, -0.2) is 42.0 Å². The molecule has 1 aromatic heterocycles. The summed E-state index contributed by atoms with van der Waals surface area (Å²) in [6.45, 7) is 10.6. The molecule has 22 heavy (non-hydrogen) atoms. The fourth-order valence-electron chi connectivity index (χ4n) is 2.55. The van der Waals surface area contributed by atoms with Crippen LogP contribution in [0.3, 0.4) is 0 Å². The lowest BCUT2D eigenvalue weighted by molar-refractivity contribution is 0.273. The van der Waals surface area contributed by atoms with Gasteiger partial charge >= 0.3 is 0 Å². The standard InChI is InChI=1S/C16H28N4S.HI/c1-4-15-19-14(12-21-15)6-9-18-16(17-5-2)20-10-7-13(3)8-11-20;/h12-13H,4-11H2,1-3H3,(H,17,18);1H. The number of halogens is 1. The summed E-state index contributed by atoms with van der Waals surface area (Å²) in [5.41, 5.74) is 1.18. The van der Waals surface area contributed by atoms with E-state index in [4.69, 9.17) is 4.99 Å². The van der Waals surface area contributed by atoms with Gasteiger partial charge in [0.2, 0.25) is 0 Å². The van der Waals surface area contributed by atoms with E-state index in [0.29, 0.717) is 0 Å². The lowest BCUT2D eigenvalue weighted by atomic mass is 10.00. The molecule has 0 unspecified atom stereocenters. The Labute approximate surface area is 155 Å². The van der Waals surface area contributed by atoms with Gasteiger partial charge in [0.1, 0.15) is 0 Å². The Kier molecular flexibility index (Phi) is 9.31. The van der Waals surface area contributed by atoms with E-state index >= 15 is 0 Å². The molecular weight excluding hydrogens is 407 g/mol. The van der Waals surface area contributed by atoms with Crippen LogP contribution in [0.15, 0.2) is 10.4 Å².